The van der Waals surface area contributed by atoms with Crippen molar-refractivity contribution < 1.29 is 0 Å². The predicted molar refractivity (Wildman–Crippen MR) is 71.7 cm³/mol. The van der Waals surface area contributed by atoms with Crippen LogP contribution < -0.4 is 11.3 Å². The molecule has 1 aromatic rings. The first-order valence-corrected chi connectivity index (χ1v) is 6.60. The van der Waals surface area contributed by atoms with Gasteiger partial charge in [-0.1, -0.05) is 12.2 Å². The van der Waals surface area contributed by atoms with Gasteiger partial charge in [0.1, 0.15) is 5.03 Å². The van der Waals surface area contributed by atoms with Crippen LogP contribution in [-0.2, 0) is 0 Å². The lowest BCUT2D eigenvalue weighted by atomic mass is 10.6. The average Bonchev–Trinajstić information content (AvgIpc) is 2.34. The second-order valence-electron chi connectivity index (χ2n) is 2.71. The van der Waals surface area contributed by atoms with E-state index in [1.807, 2.05) is 12.2 Å². The van der Waals surface area contributed by atoms with Crippen molar-refractivity contribution in [3.05, 3.63) is 31.5 Å². The van der Waals surface area contributed by atoms with Crippen LogP contribution in [0.4, 0.5) is 5.95 Å². The zero-order valence-electron chi connectivity index (χ0n) is 8.85. The molecule has 0 bridgehead atoms. The highest BCUT2D eigenvalue weighted by molar-refractivity contribution is 8.02. The molecule has 0 saturated carbocycles. The lowest BCUT2D eigenvalue weighted by molar-refractivity contribution is 0.956. The van der Waals surface area contributed by atoms with Crippen molar-refractivity contribution in [2.75, 3.05) is 16.9 Å². The highest BCUT2D eigenvalue weighted by Crippen LogP contribution is 2.29. The zero-order valence-corrected chi connectivity index (χ0v) is 10.5. The second kappa shape index (κ2) is 7.32. The van der Waals surface area contributed by atoms with Crippen molar-refractivity contribution in [3.8, 4) is 0 Å². The van der Waals surface area contributed by atoms with Crippen LogP contribution in [-0.4, -0.2) is 21.5 Å². The maximum Gasteiger partial charge on any atom is 0.238 e. The largest absolute Gasteiger partial charge is 0.292 e. The Labute approximate surface area is 104 Å². The Morgan fingerprint density at radius 1 is 1.31 bits per heavy atom. The zero-order chi connectivity index (χ0) is 11.8. The number of nitrogens with one attached hydrogen (secondary N) is 1. The average molecular weight is 254 g/mol. The van der Waals surface area contributed by atoms with Crippen LogP contribution in [0.25, 0.3) is 0 Å². The van der Waals surface area contributed by atoms with Crippen LogP contribution in [0.3, 0.4) is 0 Å². The van der Waals surface area contributed by atoms with E-state index in [1.54, 1.807) is 29.7 Å². The van der Waals surface area contributed by atoms with Gasteiger partial charge in [0.05, 0.1) is 4.90 Å². The third-order valence-corrected chi connectivity index (χ3v) is 3.67. The summed E-state index contributed by atoms with van der Waals surface area (Å²) in [5, 5.41) is 0.912. The Balaban J connectivity index is 2.86. The number of nitrogens with two attached hydrogens (primary N) is 1. The Morgan fingerprint density at radius 3 is 2.62 bits per heavy atom. The molecule has 0 spiro atoms. The molecule has 16 heavy (non-hydrogen) atoms. The van der Waals surface area contributed by atoms with Gasteiger partial charge >= 0.3 is 0 Å². The molecule has 0 unspecified atom stereocenters. The van der Waals surface area contributed by atoms with Crippen molar-refractivity contribution in [1.82, 2.24) is 9.97 Å². The lowest BCUT2D eigenvalue weighted by Crippen LogP contribution is -2.10. The van der Waals surface area contributed by atoms with Crippen molar-refractivity contribution in [2.24, 2.45) is 5.84 Å². The van der Waals surface area contributed by atoms with Crippen LogP contribution >= 0.6 is 23.5 Å². The summed E-state index contributed by atoms with van der Waals surface area (Å²) in [4.78, 5) is 9.40. The first kappa shape index (κ1) is 13.1. The maximum atomic E-state index is 5.27. The Morgan fingerprint density at radius 2 is 2.00 bits per heavy atom. The molecule has 0 aliphatic carbocycles. The minimum absolute atomic E-state index is 0.425. The van der Waals surface area contributed by atoms with E-state index in [0.29, 0.717) is 5.95 Å². The first-order valence-electron chi connectivity index (χ1n) is 4.62. The van der Waals surface area contributed by atoms with E-state index in [2.05, 4.69) is 28.6 Å². The molecular formula is C10H14N4S2. The summed E-state index contributed by atoms with van der Waals surface area (Å²) >= 11 is 3.26. The summed E-state index contributed by atoms with van der Waals surface area (Å²) in [5.41, 5.74) is 2.44. The molecule has 6 heteroatoms. The van der Waals surface area contributed by atoms with Crippen molar-refractivity contribution >= 4 is 29.5 Å². The van der Waals surface area contributed by atoms with Gasteiger partial charge in [0.25, 0.3) is 0 Å². The molecule has 0 radical (unpaired) electrons. The summed E-state index contributed by atoms with van der Waals surface area (Å²) in [6.45, 7) is 7.37. The fraction of sp³-hybridized carbons (Fsp3) is 0.200. The summed E-state index contributed by atoms with van der Waals surface area (Å²) in [6.07, 6.45) is 5.45. The summed E-state index contributed by atoms with van der Waals surface area (Å²) < 4.78 is 0. The summed E-state index contributed by atoms with van der Waals surface area (Å²) in [7, 11) is 0. The molecule has 0 atom stereocenters. The van der Waals surface area contributed by atoms with Gasteiger partial charge in [-0.3, -0.25) is 5.43 Å². The predicted octanol–water partition coefficient (Wildman–Crippen LogP) is 2.32. The topological polar surface area (TPSA) is 63.8 Å². The molecule has 86 valence electrons. The van der Waals surface area contributed by atoms with Gasteiger partial charge < -0.3 is 0 Å². The van der Waals surface area contributed by atoms with Crippen LogP contribution in [0.2, 0.25) is 0 Å². The number of hydrogen-bond donors (Lipinski definition) is 2. The number of aromatic nitrogens is 2. The summed E-state index contributed by atoms with van der Waals surface area (Å²) in [6, 6.07) is 0. The first-order chi connectivity index (χ1) is 7.81. The van der Waals surface area contributed by atoms with Gasteiger partial charge in [-0.25, -0.2) is 15.8 Å². The molecule has 3 N–H and O–H groups in total. The smallest absolute Gasteiger partial charge is 0.238 e. The number of nitrogens with zero attached hydrogens (tertiary/aromatic N) is 2. The SMILES string of the molecule is C=CCSc1cnc(NN)nc1SCC=C. The molecule has 0 amide bonds. The van der Waals surface area contributed by atoms with Gasteiger partial charge in [0.15, 0.2) is 0 Å². The second-order valence-corrected chi connectivity index (χ2v) is 4.78. The summed E-state index contributed by atoms with van der Waals surface area (Å²) in [5.74, 6) is 7.34. The number of hydrogen-bond acceptors (Lipinski definition) is 6. The van der Waals surface area contributed by atoms with E-state index < -0.39 is 0 Å². The van der Waals surface area contributed by atoms with Gasteiger partial charge in [-0.15, -0.1) is 36.7 Å². The number of rotatable bonds is 7. The van der Waals surface area contributed by atoms with E-state index in [4.69, 9.17) is 5.84 Å². The lowest BCUT2D eigenvalue weighted by Gasteiger charge is -2.07. The Bertz CT molecular complexity index is 368. The molecule has 0 aromatic carbocycles. The van der Waals surface area contributed by atoms with Crippen LogP contribution in [0, 0.1) is 0 Å². The minimum Gasteiger partial charge on any atom is -0.292 e. The van der Waals surface area contributed by atoms with Crippen LogP contribution in [0.15, 0.2) is 41.4 Å². The quantitative estimate of drug-likeness (QED) is 0.256. The van der Waals surface area contributed by atoms with E-state index in [1.165, 1.54) is 0 Å². The third-order valence-electron chi connectivity index (χ3n) is 1.55. The van der Waals surface area contributed by atoms with Gasteiger partial charge in [0.2, 0.25) is 5.95 Å². The number of thioether (sulfide) groups is 2. The molecule has 0 aliphatic rings. The van der Waals surface area contributed by atoms with Crippen molar-refractivity contribution in [3.63, 3.8) is 0 Å². The standard InChI is InChI=1S/C10H14N4S2/c1-3-5-15-8-7-12-10(14-11)13-9(8)16-6-4-2/h3-4,7H,1-2,5-6,11H2,(H,12,13,14). The highest BCUT2D eigenvalue weighted by atomic mass is 32.2. The number of hydrazine groups is 1. The molecule has 4 nitrogen and oxygen atoms in total. The molecule has 0 fully saturated rings. The van der Waals surface area contributed by atoms with Crippen molar-refractivity contribution in [1.29, 1.82) is 0 Å². The van der Waals surface area contributed by atoms with Crippen molar-refractivity contribution in [2.45, 2.75) is 9.92 Å². The Hall–Kier alpha value is -0.980. The number of nitrogen functional groups attached to an aromatic ring is 1. The molecule has 0 saturated heterocycles. The number of anilines is 1. The van der Waals surface area contributed by atoms with Gasteiger partial charge in [-0.2, -0.15) is 0 Å². The van der Waals surface area contributed by atoms with E-state index in [-0.39, 0.29) is 0 Å². The monoisotopic (exact) mass is 254 g/mol. The molecule has 1 heterocycles. The molecular weight excluding hydrogens is 240 g/mol. The van der Waals surface area contributed by atoms with E-state index in [9.17, 15) is 0 Å². The Kier molecular flexibility index (Phi) is 5.99. The normalized spacial score (nSPS) is 9.81. The molecule has 0 aliphatic heterocycles. The maximum absolute atomic E-state index is 5.27. The minimum atomic E-state index is 0.425. The van der Waals surface area contributed by atoms with Gasteiger partial charge in [-0.05, 0) is 0 Å². The molecule has 1 aromatic heterocycles. The van der Waals surface area contributed by atoms with E-state index >= 15 is 0 Å². The van der Waals surface area contributed by atoms with Crippen LogP contribution in [0.5, 0.6) is 0 Å². The fourth-order valence-electron chi connectivity index (χ4n) is 0.914. The van der Waals surface area contributed by atoms with E-state index in [0.717, 1.165) is 21.4 Å². The fourth-order valence-corrected chi connectivity index (χ4v) is 2.48. The van der Waals surface area contributed by atoms with Crippen LogP contribution in [0.1, 0.15) is 0 Å². The van der Waals surface area contributed by atoms with Gasteiger partial charge in [0, 0.05) is 17.7 Å². The third kappa shape index (κ3) is 3.88. The highest BCUT2D eigenvalue weighted by Gasteiger charge is 2.06. The molecule has 1 rings (SSSR count).